The minimum atomic E-state index is -0.518. The van der Waals surface area contributed by atoms with Gasteiger partial charge in [-0.1, -0.05) is 18.2 Å². The Bertz CT molecular complexity index is 714. The number of aryl methyl sites for hydroxylation is 1. The number of carbonyl (C=O) groups excluding carboxylic acids is 1. The SMILES string of the molecule is Cc1ccc(C(=O)N[C@@H](C)c2ccc(F)cc2)cc1[N+](=O)[O-]. The van der Waals surface area contributed by atoms with Gasteiger partial charge in [-0.05, 0) is 37.6 Å². The third-order valence-corrected chi connectivity index (χ3v) is 3.39. The van der Waals surface area contributed by atoms with E-state index in [0.717, 1.165) is 5.56 Å². The second kappa shape index (κ2) is 6.34. The normalized spacial score (nSPS) is 11.8. The summed E-state index contributed by atoms with van der Waals surface area (Å²) < 4.78 is 12.9. The standard InChI is InChI=1S/C16H15FN2O3/c1-10-3-4-13(9-15(10)19(21)22)16(20)18-11(2)12-5-7-14(17)8-6-12/h3-9,11H,1-2H3,(H,18,20)/t11-/m0/s1. The lowest BCUT2D eigenvalue weighted by Crippen LogP contribution is -2.26. The Morgan fingerprint density at radius 1 is 1.23 bits per heavy atom. The molecule has 114 valence electrons. The number of carbonyl (C=O) groups is 1. The zero-order valence-corrected chi connectivity index (χ0v) is 12.2. The molecule has 6 heteroatoms. The number of nitro benzene ring substituents is 1. The van der Waals surface area contributed by atoms with E-state index >= 15 is 0 Å². The van der Waals surface area contributed by atoms with Crippen LogP contribution in [-0.2, 0) is 0 Å². The van der Waals surface area contributed by atoms with Crippen LogP contribution in [0, 0.1) is 22.9 Å². The topological polar surface area (TPSA) is 72.2 Å². The Morgan fingerprint density at radius 2 is 1.86 bits per heavy atom. The Morgan fingerprint density at radius 3 is 2.45 bits per heavy atom. The van der Waals surface area contributed by atoms with E-state index in [-0.39, 0.29) is 23.1 Å². The number of halogens is 1. The van der Waals surface area contributed by atoms with Gasteiger partial charge in [0.1, 0.15) is 5.82 Å². The van der Waals surface area contributed by atoms with Crippen molar-refractivity contribution in [2.75, 3.05) is 0 Å². The van der Waals surface area contributed by atoms with Crippen LogP contribution in [0.3, 0.4) is 0 Å². The molecule has 5 nitrogen and oxygen atoms in total. The van der Waals surface area contributed by atoms with Gasteiger partial charge in [0.25, 0.3) is 11.6 Å². The molecule has 0 heterocycles. The Hall–Kier alpha value is -2.76. The van der Waals surface area contributed by atoms with Crippen LogP contribution in [-0.4, -0.2) is 10.8 Å². The Labute approximate surface area is 126 Å². The number of nitrogens with one attached hydrogen (secondary N) is 1. The summed E-state index contributed by atoms with van der Waals surface area (Å²) >= 11 is 0. The molecule has 0 radical (unpaired) electrons. The highest BCUT2D eigenvalue weighted by Gasteiger charge is 2.16. The van der Waals surface area contributed by atoms with Gasteiger partial charge < -0.3 is 5.32 Å². The molecule has 1 atom stereocenters. The van der Waals surface area contributed by atoms with Crippen LogP contribution >= 0.6 is 0 Å². The molecule has 1 amide bonds. The molecule has 2 aromatic carbocycles. The van der Waals surface area contributed by atoms with E-state index in [9.17, 15) is 19.3 Å². The fourth-order valence-corrected chi connectivity index (χ4v) is 2.06. The monoisotopic (exact) mass is 302 g/mol. The first-order valence-electron chi connectivity index (χ1n) is 6.70. The molecule has 0 bridgehead atoms. The fourth-order valence-electron chi connectivity index (χ4n) is 2.06. The van der Waals surface area contributed by atoms with E-state index in [1.54, 1.807) is 26.0 Å². The van der Waals surface area contributed by atoms with Gasteiger partial charge in [0, 0.05) is 17.2 Å². The number of hydrogen-bond acceptors (Lipinski definition) is 3. The highest BCUT2D eigenvalue weighted by Crippen LogP contribution is 2.20. The van der Waals surface area contributed by atoms with Crippen molar-refractivity contribution in [1.29, 1.82) is 0 Å². The van der Waals surface area contributed by atoms with Crippen LogP contribution in [0.25, 0.3) is 0 Å². The summed E-state index contributed by atoms with van der Waals surface area (Å²) in [6, 6.07) is 9.78. The van der Waals surface area contributed by atoms with Crippen molar-refractivity contribution in [3.8, 4) is 0 Å². The van der Waals surface area contributed by atoms with Crippen LogP contribution in [0.4, 0.5) is 10.1 Å². The molecule has 0 aliphatic heterocycles. The molecule has 2 aromatic rings. The first-order valence-corrected chi connectivity index (χ1v) is 6.70. The first kappa shape index (κ1) is 15.6. The smallest absolute Gasteiger partial charge is 0.273 e. The maximum Gasteiger partial charge on any atom is 0.273 e. The predicted octanol–water partition coefficient (Wildman–Crippen LogP) is 3.53. The Balaban J connectivity index is 2.16. The van der Waals surface area contributed by atoms with Gasteiger partial charge in [-0.2, -0.15) is 0 Å². The van der Waals surface area contributed by atoms with E-state index in [1.165, 1.54) is 30.3 Å². The molecule has 0 aromatic heterocycles. The van der Waals surface area contributed by atoms with E-state index in [4.69, 9.17) is 0 Å². The number of nitro groups is 1. The minimum absolute atomic E-state index is 0.0953. The summed E-state index contributed by atoms with van der Waals surface area (Å²) in [5.74, 6) is -0.767. The zero-order chi connectivity index (χ0) is 16.3. The summed E-state index contributed by atoms with van der Waals surface area (Å²) in [6.45, 7) is 3.37. The molecule has 22 heavy (non-hydrogen) atoms. The average molecular weight is 302 g/mol. The highest BCUT2D eigenvalue weighted by molar-refractivity contribution is 5.95. The van der Waals surface area contributed by atoms with Gasteiger partial charge >= 0.3 is 0 Å². The first-order chi connectivity index (χ1) is 10.4. The summed E-state index contributed by atoms with van der Waals surface area (Å²) in [5, 5.41) is 13.6. The fraction of sp³-hybridized carbons (Fsp3) is 0.188. The molecular formula is C16H15FN2O3. The zero-order valence-electron chi connectivity index (χ0n) is 12.2. The molecule has 1 N–H and O–H groups in total. The van der Waals surface area contributed by atoms with Gasteiger partial charge in [0.2, 0.25) is 0 Å². The van der Waals surface area contributed by atoms with Crippen molar-refractivity contribution in [1.82, 2.24) is 5.32 Å². The van der Waals surface area contributed by atoms with Crippen LogP contribution < -0.4 is 5.32 Å². The molecule has 0 spiro atoms. The summed E-state index contributed by atoms with van der Waals surface area (Å²) in [7, 11) is 0. The number of hydrogen-bond donors (Lipinski definition) is 1. The predicted molar refractivity (Wildman–Crippen MR) is 80.1 cm³/mol. The molecule has 0 unspecified atom stereocenters. The number of amides is 1. The van der Waals surface area contributed by atoms with Gasteiger partial charge in [0.15, 0.2) is 0 Å². The van der Waals surface area contributed by atoms with Crippen LogP contribution in [0.1, 0.15) is 34.5 Å². The quantitative estimate of drug-likeness (QED) is 0.693. The van der Waals surface area contributed by atoms with Gasteiger partial charge in [-0.15, -0.1) is 0 Å². The van der Waals surface area contributed by atoms with Crippen molar-refractivity contribution in [3.63, 3.8) is 0 Å². The maximum absolute atomic E-state index is 12.9. The van der Waals surface area contributed by atoms with E-state index in [0.29, 0.717) is 5.56 Å². The van der Waals surface area contributed by atoms with Gasteiger partial charge in [-0.25, -0.2) is 4.39 Å². The number of nitrogens with zero attached hydrogens (tertiary/aromatic N) is 1. The minimum Gasteiger partial charge on any atom is -0.346 e. The largest absolute Gasteiger partial charge is 0.346 e. The summed E-state index contributed by atoms with van der Waals surface area (Å²) in [4.78, 5) is 22.6. The average Bonchev–Trinajstić information content (AvgIpc) is 2.47. The highest BCUT2D eigenvalue weighted by atomic mass is 19.1. The van der Waals surface area contributed by atoms with Crippen molar-refractivity contribution >= 4 is 11.6 Å². The van der Waals surface area contributed by atoms with Gasteiger partial charge in [0.05, 0.1) is 11.0 Å². The second-order valence-electron chi connectivity index (χ2n) is 5.01. The molecule has 0 aliphatic rings. The lowest BCUT2D eigenvalue weighted by Gasteiger charge is -2.14. The van der Waals surface area contributed by atoms with Crippen LogP contribution in [0.15, 0.2) is 42.5 Å². The van der Waals surface area contributed by atoms with Crippen molar-refractivity contribution < 1.29 is 14.1 Å². The van der Waals surface area contributed by atoms with E-state index < -0.39 is 10.8 Å². The third-order valence-electron chi connectivity index (χ3n) is 3.39. The van der Waals surface area contributed by atoms with Crippen molar-refractivity contribution in [2.24, 2.45) is 0 Å². The molecule has 0 saturated heterocycles. The van der Waals surface area contributed by atoms with Gasteiger partial charge in [-0.3, -0.25) is 14.9 Å². The number of benzene rings is 2. The van der Waals surface area contributed by atoms with Crippen molar-refractivity contribution in [2.45, 2.75) is 19.9 Å². The maximum atomic E-state index is 12.9. The van der Waals surface area contributed by atoms with Crippen molar-refractivity contribution in [3.05, 3.63) is 75.1 Å². The van der Waals surface area contributed by atoms with E-state index in [1.807, 2.05) is 0 Å². The van der Waals surface area contributed by atoms with Crippen LogP contribution in [0.2, 0.25) is 0 Å². The summed E-state index contributed by atoms with van der Waals surface area (Å²) in [6.07, 6.45) is 0. The Kier molecular flexibility index (Phi) is 4.50. The molecule has 0 aliphatic carbocycles. The molecule has 0 saturated carbocycles. The number of rotatable bonds is 4. The summed E-state index contributed by atoms with van der Waals surface area (Å²) in [5.41, 5.74) is 1.36. The molecular weight excluding hydrogens is 287 g/mol. The lowest BCUT2D eigenvalue weighted by molar-refractivity contribution is -0.385. The van der Waals surface area contributed by atoms with E-state index in [2.05, 4.69) is 5.32 Å². The molecule has 2 rings (SSSR count). The molecule has 0 fully saturated rings. The van der Waals surface area contributed by atoms with Crippen LogP contribution in [0.5, 0.6) is 0 Å². The third kappa shape index (κ3) is 3.46. The lowest BCUT2D eigenvalue weighted by atomic mass is 10.1. The second-order valence-corrected chi connectivity index (χ2v) is 5.01.